The zero-order valence-corrected chi connectivity index (χ0v) is 10.6. The monoisotopic (exact) mass is 260 g/mol. The summed E-state index contributed by atoms with van der Waals surface area (Å²) in [6.45, 7) is 3.54. The van der Waals surface area contributed by atoms with Crippen LogP contribution in [0.15, 0.2) is 0 Å². The average Bonchev–Trinajstić information content (AvgIpc) is 2.50. The lowest BCUT2D eigenvalue weighted by Crippen LogP contribution is -2.38. The minimum Gasteiger partial charge on any atom is -0.480 e. The molecule has 17 heavy (non-hydrogen) atoms. The van der Waals surface area contributed by atoms with Crippen LogP contribution in [0, 0.1) is 0 Å². The highest BCUT2D eigenvalue weighted by atomic mass is 32.2. The number of amides is 2. The summed E-state index contributed by atoms with van der Waals surface area (Å²) in [5.74, 6) is -1.42. The van der Waals surface area contributed by atoms with Gasteiger partial charge in [-0.15, -0.1) is 11.8 Å². The van der Waals surface area contributed by atoms with Gasteiger partial charge in [-0.2, -0.15) is 0 Å². The van der Waals surface area contributed by atoms with Gasteiger partial charge in [0.1, 0.15) is 6.04 Å². The highest BCUT2D eigenvalue weighted by molar-refractivity contribution is 8.00. The van der Waals surface area contributed by atoms with Crippen molar-refractivity contribution in [1.82, 2.24) is 4.90 Å². The van der Waals surface area contributed by atoms with E-state index < -0.39 is 17.3 Å². The van der Waals surface area contributed by atoms with E-state index in [1.54, 1.807) is 13.8 Å². The second-order valence-corrected chi connectivity index (χ2v) is 5.40. The fourth-order valence-corrected chi connectivity index (χ4v) is 2.68. The van der Waals surface area contributed by atoms with Gasteiger partial charge in [-0.1, -0.05) is 0 Å². The van der Waals surface area contributed by atoms with Crippen molar-refractivity contribution >= 4 is 29.5 Å². The Morgan fingerprint density at radius 2 is 2.18 bits per heavy atom. The third-order valence-electron chi connectivity index (χ3n) is 2.45. The summed E-state index contributed by atoms with van der Waals surface area (Å²) in [6, 6.07) is -1.16. The molecule has 1 heterocycles. The maximum atomic E-state index is 11.8. The zero-order valence-electron chi connectivity index (χ0n) is 9.75. The summed E-state index contributed by atoms with van der Waals surface area (Å²) in [5, 5.41) is 8.12. The predicted octanol–water partition coefficient (Wildman–Crippen LogP) is -0.333. The molecule has 1 fully saturated rings. The molecule has 0 saturated carbocycles. The molecule has 0 spiro atoms. The number of thioether (sulfide) groups is 1. The number of hydrogen-bond acceptors (Lipinski definition) is 5. The quantitative estimate of drug-likeness (QED) is 0.656. The summed E-state index contributed by atoms with van der Waals surface area (Å²) in [6.07, 6.45) is 0.133. The minimum atomic E-state index is -1.10. The van der Waals surface area contributed by atoms with Crippen LogP contribution in [0.1, 0.15) is 20.3 Å². The molecule has 1 aliphatic heterocycles. The number of carboxylic acid groups (broad SMARTS) is 1. The summed E-state index contributed by atoms with van der Waals surface area (Å²) >= 11 is 1.14. The van der Waals surface area contributed by atoms with Gasteiger partial charge in [0.05, 0.1) is 5.25 Å². The van der Waals surface area contributed by atoms with Crippen molar-refractivity contribution in [3.63, 3.8) is 0 Å². The summed E-state index contributed by atoms with van der Waals surface area (Å²) in [5.41, 5.74) is 5.34. The highest BCUT2D eigenvalue weighted by Gasteiger charge is 2.40. The SMILES string of the molecule is CC(C)N1C(=O)C[C@H](SC[C@H](N)C(=O)O)C1=O. The topological polar surface area (TPSA) is 101 Å². The molecule has 7 heteroatoms. The standard InChI is InChI=1S/C10H16N2O4S/c1-5(2)12-8(13)3-7(9(12)14)17-4-6(11)10(15)16/h5-7H,3-4,11H2,1-2H3,(H,15,16)/t6-,7-/m0/s1. The molecule has 0 unspecified atom stereocenters. The maximum absolute atomic E-state index is 11.8. The van der Waals surface area contributed by atoms with Gasteiger partial charge < -0.3 is 10.8 Å². The van der Waals surface area contributed by atoms with Gasteiger partial charge in [-0.3, -0.25) is 19.3 Å². The number of hydrogen-bond donors (Lipinski definition) is 2. The number of nitrogens with zero attached hydrogens (tertiary/aromatic N) is 1. The lowest BCUT2D eigenvalue weighted by molar-refractivity contribution is -0.140. The Morgan fingerprint density at radius 1 is 1.59 bits per heavy atom. The van der Waals surface area contributed by atoms with Crippen molar-refractivity contribution in [2.24, 2.45) is 5.73 Å². The lowest BCUT2D eigenvalue weighted by atomic mass is 10.3. The molecule has 0 aliphatic carbocycles. The first-order valence-electron chi connectivity index (χ1n) is 5.30. The van der Waals surface area contributed by atoms with Crippen molar-refractivity contribution in [2.75, 3.05) is 5.75 Å². The lowest BCUT2D eigenvalue weighted by Gasteiger charge is -2.18. The molecule has 0 bridgehead atoms. The summed E-state index contributed by atoms with van der Waals surface area (Å²) in [4.78, 5) is 35.1. The molecule has 6 nitrogen and oxygen atoms in total. The number of carbonyl (C=O) groups excluding carboxylic acids is 2. The highest BCUT2D eigenvalue weighted by Crippen LogP contribution is 2.26. The summed E-state index contributed by atoms with van der Waals surface area (Å²) in [7, 11) is 0. The van der Waals surface area contributed by atoms with E-state index in [9.17, 15) is 14.4 Å². The van der Waals surface area contributed by atoms with Crippen LogP contribution in [-0.2, 0) is 14.4 Å². The zero-order chi connectivity index (χ0) is 13.2. The number of rotatable bonds is 5. The Labute approximate surface area is 104 Å². The Balaban J connectivity index is 2.55. The Kier molecular flexibility index (Phi) is 4.53. The third kappa shape index (κ3) is 3.19. The van der Waals surface area contributed by atoms with Gasteiger partial charge in [0.2, 0.25) is 11.8 Å². The predicted molar refractivity (Wildman–Crippen MR) is 63.5 cm³/mol. The van der Waals surface area contributed by atoms with E-state index >= 15 is 0 Å². The van der Waals surface area contributed by atoms with Crippen molar-refractivity contribution in [2.45, 2.75) is 37.6 Å². The fourth-order valence-electron chi connectivity index (χ4n) is 1.59. The Hall–Kier alpha value is -1.08. The van der Waals surface area contributed by atoms with E-state index in [1.807, 2.05) is 0 Å². The molecule has 2 atom stereocenters. The van der Waals surface area contributed by atoms with E-state index in [1.165, 1.54) is 4.90 Å². The normalized spacial score (nSPS) is 22.4. The van der Waals surface area contributed by atoms with Crippen LogP contribution in [0.5, 0.6) is 0 Å². The Bertz CT molecular complexity index is 345. The van der Waals surface area contributed by atoms with Crippen LogP contribution < -0.4 is 5.73 Å². The molecule has 0 aromatic rings. The van der Waals surface area contributed by atoms with Gasteiger partial charge in [0, 0.05) is 18.2 Å². The largest absolute Gasteiger partial charge is 0.480 e. The van der Waals surface area contributed by atoms with Gasteiger partial charge in [-0.25, -0.2) is 0 Å². The van der Waals surface area contributed by atoms with Crippen molar-refractivity contribution in [3.8, 4) is 0 Å². The first kappa shape index (κ1) is 14.0. The van der Waals surface area contributed by atoms with Crippen LogP contribution in [0.25, 0.3) is 0 Å². The number of likely N-dealkylation sites (tertiary alicyclic amines) is 1. The fraction of sp³-hybridized carbons (Fsp3) is 0.700. The number of carboxylic acids is 1. The third-order valence-corrected chi connectivity index (χ3v) is 3.77. The van der Waals surface area contributed by atoms with E-state index in [2.05, 4.69) is 0 Å². The molecule has 3 N–H and O–H groups in total. The first-order valence-corrected chi connectivity index (χ1v) is 6.35. The molecule has 1 saturated heterocycles. The van der Waals surface area contributed by atoms with Crippen LogP contribution in [0.4, 0.5) is 0 Å². The van der Waals surface area contributed by atoms with Crippen LogP contribution in [0.2, 0.25) is 0 Å². The van der Waals surface area contributed by atoms with Crippen molar-refractivity contribution in [1.29, 1.82) is 0 Å². The van der Waals surface area contributed by atoms with Gasteiger partial charge in [0.25, 0.3) is 0 Å². The molecule has 1 rings (SSSR count). The maximum Gasteiger partial charge on any atom is 0.321 e. The molecular formula is C10H16N2O4S. The second-order valence-electron chi connectivity index (χ2n) is 4.17. The first-order chi connectivity index (χ1) is 7.84. The molecule has 0 radical (unpaired) electrons. The molecule has 0 aromatic heterocycles. The number of nitrogens with two attached hydrogens (primary N) is 1. The van der Waals surface area contributed by atoms with Crippen LogP contribution in [-0.4, -0.2) is 50.9 Å². The number of carbonyl (C=O) groups is 3. The molecule has 1 aliphatic rings. The van der Waals surface area contributed by atoms with Crippen LogP contribution >= 0.6 is 11.8 Å². The summed E-state index contributed by atoms with van der Waals surface area (Å²) < 4.78 is 0. The number of aliphatic carboxylic acids is 1. The van der Waals surface area contributed by atoms with Crippen LogP contribution in [0.3, 0.4) is 0 Å². The van der Waals surface area contributed by atoms with Gasteiger partial charge in [0.15, 0.2) is 0 Å². The van der Waals surface area contributed by atoms with Gasteiger partial charge >= 0.3 is 5.97 Å². The average molecular weight is 260 g/mol. The van der Waals surface area contributed by atoms with Gasteiger partial charge in [-0.05, 0) is 13.8 Å². The van der Waals surface area contributed by atoms with E-state index in [0.717, 1.165) is 11.8 Å². The Morgan fingerprint density at radius 3 is 2.59 bits per heavy atom. The molecule has 96 valence electrons. The van der Waals surface area contributed by atoms with Crippen molar-refractivity contribution in [3.05, 3.63) is 0 Å². The second kappa shape index (κ2) is 5.50. The van der Waals surface area contributed by atoms with Crippen molar-refractivity contribution < 1.29 is 19.5 Å². The van der Waals surface area contributed by atoms with E-state index in [-0.39, 0.29) is 30.0 Å². The molecule has 0 aromatic carbocycles. The van der Waals surface area contributed by atoms with E-state index in [0.29, 0.717) is 0 Å². The van der Waals surface area contributed by atoms with E-state index in [4.69, 9.17) is 10.8 Å². The minimum absolute atomic E-state index is 0.130. The smallest absolute Gasteiger partial charge is 0.321 e. The number of imide groups is 1. The molecule has 2 amide bonds. The molecular weight excluding hydrogens is 244 g/mol.